The van der Waals surface area contributed by atoms with Gasteiger partial charge in [0.05, 0.1) is 30.6 Å². The smallest absolute Gasteiger partial charge is 0.254 e. The van der Waals surface area contributed by atoms with Crippen molar-refractivity contribution in [1.29, 1.82) is 0 Å². The van der Waals surface area contributed by atoms with Crippen molar-refractivity contribution in [2.75, 3.05) is 39.3 Å². The molecule has 1 aromatic heterocycles. The van der Waals surface area contributed by atoms with Crippen molar-refractivity contribution in [3.63, 3.8) is 0 Å². The molecular formula is C13H20N4O4S2. The Morgan fingerprint density at radius 3 is 2.61 bits per heavy atom. The summed E-state index contributed by atoms with van der Waals surface area (Å²) in [5.41, 5.74) is 0.337. The second kappa shape index (κ2) is 7.56. The number of aromatic nitrogens is 2. The number of hydrogen-bond acceptors (Lipinski definition) is 7. The lowest BCUT2D eigenvalue weighted by Crippen LogP contribution is -2.43. The molecule has 0 spiro atoms. The van der Waals surface area contributed by atoms with Gasteiger partial charge in [-0.15, -0.1) is 0 Å². The molecule has 1 aliphatic heterocycles. The second-order valence-corrected chi connectivity index (χ2v) is 8.40. The zero-order valence-corrected chi connectivity index (χ0v) is 14.9. The molecule has 1 fully saturated rings. The average molecular weight is 360 g/mol. The first-order chi connectivity index (χ1) is 10.8. The number of carbonyl (C=O) groups excluding carboxylic acids is 1. The highest BCUT2D eigenvalue weighted by Gasteiger charge is 2.34. The quantitative estimate of drug-likeness (QED) is 0.555. The fourth-order valence-electron chi connectivity index (χ4n) is 2.13. The molecule has 0 saturated carbocycles. The van der Waals surface area contributed by atoms with E-state index < -0.39 is 10.0 Å². The van der Waals surface area contributed by atoms with E-state index in [9.17, 15) is 13.2 Å². The Labute approximate surface area is 140 Å². The zero-order valence-electron chi connectivity index (χ0n) is 13.2. The van der Waals surface area contributed by atoms with E-state index >= 15 is 0 Å². The summed E-state index contributed by atoms with van der Waals surface area (Å²) >= 11 is 1.39. The van der Waals surface area contributed by atoms with E-state index in [0.717, 1.165) is 0 Å². The van der Waals surface area contributed by atoms with Gasteiger partial charge in [-0.2, -0.15) is 0 Å². The summed E-state index contributed by atoms with van der Waals surface area (Å²) < 4.78 is 30.5. The Kier molecular flexibility index (Phi) is 5.95. The number of carbonyl (C=O) groups is 1. The van der Waals surface area contributed by atoms with Gasteiger partial charge in [0.25, 0.3) is 5.91 Å². The Morgan fingerprint density at radius 1 is 1.39 bits per heavy atom. The molecule has 1 aliphatic rings. The molecule has 0 unspecified atom stereocenters. The SMILES string of the molecule is CSc1ncc(C(=O)N[C@H]2COC[C@H]2CS(=O)(=O)N(C)C)cn1. The molecule has 2 heterocycles. The standard InChI is InChI=1S/C13H20N4O4S2/c1-17(2)23(19,20)8-10-6-21-7-11(10)16-12(18)9-4-14-13(22-3)15-5-9/h4-5,10-11H,6-8H2,1-3H3,(H,16,18)/t10-,11-/m0/s1. The highest BCUT2D eigenvalue weighted by molar-refractivity contribution is 7.98. The third kappa shape index (κ3) is 4.63. The van der Waals surface area contributed by atoms with E-state index in [1.165, 1.54) is 42.6 Å². The van der Waals surface area contributed by atoms with Crippen LogP contribution in [0, 0.1) is 5.92 Å². The van der Waals surface area contributed by atoms with E-state index in [4.69, 9.17) is 4.74 Å². The first kappa shape index (κ1) is 18.1. The maximum Gasteiger partial charge on any atom is 0.254 e. The zero-order chi connectivity index (χ0) is 17.0. The number of hydrogen-bond donors (Lipinski definition) is 1. The molecule has 1 aromatic rings. The van der Waals surface area contributed by atoms with Crippen LogP contribution in [0.25, 0.3) is 0 Å². The summed E-state index contributed by atoms with van der Waals surface area (Å²) in [5.74, 6) is -0.675. The number of amides is 1. The van der Waals surface area contributed by atoms with E-state index in [1.54, 1.807) is 0 Å². The van der Waals surface area contributed by atoms with Crippen molar-refractivity contribution in [3.05, 3.63) is 18.0 Å². The minimum absolute atomic E-state index is 0.0626. The summed E-state index contributed by atoms with van der Waals surface area (Å²) in [4.78, 5) is 20.3. The molecule has 10 heteroatoms. The molecule has 23 heavy (non-hydrogen) atoms. The van der Waals surface area contributed by atoms with Crippen molar-refractivity contribution in [2.45, 2.75) is 11.2 Å². The highest BCUT2D eigenvalue weighted by atomic mass is 32.2. The number of sulfonamides is 1. The second-order valence-electron chi connectivity index (χ2n) is 5.40. The van der Waals surface area contributed by atoms with Crippen LogP contribution in [0.3, 0.4) is 0 Å². The van der Waals surface area contributed by atoms with E-state index in [1.807, 2.05) is 6.26 Å². The highest BCUT2D eigenvalue weighted by Crippen LogP contribution is 2.18. The van der Waals surface area contributed by atoms with Gasteiger partial charge >= 0.3 is 0 Å². The summed E-state index contributed by atoms with van der Waals surface area (Å²) in [6.07, 6.45) is 4.76. The number of rotatable bonds is 6. The van der Waals surface area contributed by atoms with Crippen molar-refractivity contribution < 1.29 is 17.9 Å². The lowest BCUT2D eigenvalue weighted by atomic mass is 10.1. The van der Waals surface area contributed by atoms with Crippen LogP contribution in [-0.4, -0.2) is 74.0 Å². The van der Waals surface area contributed by atoms with Gasteiger partial charge in [0.15, 0.2) is 5.16 Å². The topological polar surface area (TPSA) is 101 Å². The maximum atomic E-state index is 12.2. The molecule has 0 aliphatic carbocycles. The van der Waals surface area contributed by atoms with Gasteiger partial charge in [-0.05, 0) is 6.26 Å². The summed E-state index contributed by atoms with van der Waals surface area (Å²) in [6.45, 7) is 0.600. The molecule has 1 amide bonds. The van der Waals surface area contributed by atoms with E-state index in [2.05, 4.69) is 15.3 Å². The van der Waals surface area contributed by atoms with Gasteiger partial charge < -0.3 is 10.1 Å². The third-order valence-electron chi connectivity index (χ3n) is 3.57. The summed E-state index contributed by atoms with van der Waals surface area (Å²) in [5, 5.41) is 3.39. The van der Waals surface area contributed by atoms with Crippen LogP contribution in [0.5, 0.6) is 0 Å². The molecule has 8 nitrogen and oxygen atoms in total. The van der Waals surface area contributed by atoms with Crippen LogP contribution in [-0.2, 0) is 14.8 Å². The first-order valence-corrected chi connectivity index (χ1v) is 9.81. The van der Waals surface area contributed by atoms with Gasteiger partial charge in [0.2, 0.25) is 10.0 Å². The normalized spacial score (nSPS) is 21.6. The third-order valence-corrected chi connectivity index (χ3v) is 6.11. The first-order valence-electron chi connectivity index (χ1n) is 6.98. The minimum Gasteiger partial charge on any atom is -0.379 e. The van der Waals surface area contributed by atoms with Gasteiger partial charge in [0, 0.05) is 32.4 Å². The lowest BCUT2D eigenvalue weighted by Gasteiger charge is -2.20. The molecule has 128 valence electrons. The summed E-state index contributed by atoms with van der Waals surface area (Å²) in [7, 11) is -0.370. The Balaban J connectivity index is 2.01. The molecular weight excluding hydrogens is 340 g/mol. The molecule has 1 saturated heterocycles. The molecule has 2 rings (SSSR count). The molecule has 0 bridgehead atoms. The van der Waals surface area contributed by atoms with Crippen molar-refractivity contribution >= 4 is 27.7 Å². The van der Waals surface area contributed by atoms with Crippen LogP contribution < -0.4 is 5.32 Å². The predicted molar refractivity (Wildman–Crippen MR) is 86.9 cm³/mol. The van der Waals surface area contributed by atoms with E-state index in [0.29, 0.717) is 23.9 Å². The van der Waals surface area contributed by atoms with Crippen LogP contribution in [0.15, 0.2) is 17.6 Å². The van der Waals surface area contributed by atoms with Gasteiger partial charge in [-0.3, -0.25) is 4.79 Å². The van der Waals surface area contributed by atoms with Crippen LogP contribution in [0.4, 0.5) is 0 Å². The summed E-state index contributed by atoms with van der Waals surface area (Å²) in [6, 6.07) is -0.350. The maximum absolute atomic E-state index is 12.2. The van der Waals surface area contributed by atoms with Crippen molar-refractivity contribution in [1.82, 2.24) is 19.6 Å². The number of nitrogens with zero attached hydrogens (tertiary/aromatic N) is 3. The number of nitrogens with one attached hydrogen (secondary N) is 1. The van der Waals surface area contributed by atoms with Gasteiger partial charge in [-0.25, -0.2) is 22.7 Å². The fraction of sp³-hybridized carbons (Fsp3) is 0.615. The number of ether oxygens (including phenoxy) is 1. The molecule has 2 atom stereocenters. The van der Waals surface area contributed by atoms with Crippen LogP contribution in [0.1, 0.15) is 10.4 Å². The van der Waals surface area contributed by atoms with Crippen molar-refractivity contribution in [2.24, 2.45) is 5.92 Å². The number of thioether (sulfide) groups is 1. The van der Waals surface area contributed by atoms with Crippen LogP contribution in [0.2, 0.25) is 0 Å². The molecule has 0 aromatic carbocycles. The van der Waals surface area contributed by atoms with Gasteiger partial charge in [0.1, 0.15) is 0 Å². The Hall–Kier alpha value is -1.23. The predicted octanol–water partition coefficient (Wildman–Crippen LogP) is -0.165. The minimum atomic E-state index is -3.35. The molecule has 1 N–H and O–H groups in total. The lowest BCUT2D eigenvalue weighted by molar-refractivity contribution is 0.0925. The van der Waals surface area contributed by atoms with Crippen LogP contribution >= 0.6 is 11.8 Å². The van der Waals surface area contributed by atoms with Crippen molar-refractivity contribution in [3.8, 4) is 0 Å². The fourth-order valence-corrected chi connectivity index (χ4v) is 3.62. The van der Waals surface area contributed by atoms with E-state index in [-0.39, 0.29) is 23.6 Å². The molecule has 0 radical (unpaired) electrons. The average Bonchev–Trinajstić information content (AvgIpc) is 2.93. The Bertz CT molecular complexity index is 648. The van der Waals surface area contributed by atoms with Gasteiger partial charge in [-0.1, -0.05) is 11.8 Å². The largest absolute Gasteiger partial charge is 0.379 e. The monoisotopic (exact) mass is 360 g/mol. The Morgan fingerprint density at radius 2 is 2.04 bits per heavy atom.